The van der Waals surface area contributed by atoms with Crippen LogP contribution < -0.4 is 15.4 Å². The van der Waals surface area contributed by atoms with Crippen LogP contribution >= 0.6 is 11.8 Å². The second-order valence-electron chi connectivity index (χ2n) is 13.0. The second-order valence-corrected chi connectivity index (χ2v) is 14.1. The summed E-state index contributed by atoms with van der Waals surface area (Å²) in [4.78, 5) is 25.3. The molecule has 1 aliphatic heterocycles. The number of aromatic carboxylic acids is 1. The number of benzene rings is 6. The average Bonchev–Trinajstić information content (AvgIpc) is 3.23. The summed E-state index contributed by atoms with van der Waals surface area (Å²) in [6.45, 7) is 0.280. The Morgan fingerprint density at radius 3 is 2.18 bits per heavy atom. The molecule has 6 aromatic carbocycles. The van der Waals surface area contributed by atoms with Gasteiger partial charge in [-0.2, -0.15) is 0 Å². The molecular formula is C45H40N2O7S. The molecule has 2 amide bonds. The number of hydrogen-bond donors (Lipinski definition) is 4. The van der Waals surface area contributed by atoms with E-state index in [-0.39, 0.29) is 30.4 Å². The van der Waals surface area contributed by atoms with E-state index < -0.39 is 12.3 Å². The summed E-state index contributed by atoms with van der Waals surface area (Å²) in [6.07, 6.45) is -0.619. The largest absolute Gasteiger partial charge is 0.478 e. The average molecular weight is 753 g/mol. The first-order valence-corrected chi connectivity index (χ1v) is 18.9. The van der Waals surface area contributed by atoms with Crippen LogP contribution in [0.1, 0.15) is 51.4 Å². The van der Waals surface area contributed by atoms with Gasteiger partial charge in [0.15, 0.2) is 6.29 Å². The molecule has 0 bridgehead atoms. The first-order chi connectivity index (χ1) is 26.9. The van der Waals surface area contributed by atoms with Crippen molar-refractivity contribution in [2.24, 2.45) is 0 Å². The molecule has 278 valence electrons. The van der Waals surface area contributed by atoms with Gasteiger partial charge in [0.2, 0.25) is 0 Å². The Labute approximate surface area is 323 Å². The van der Waals surface area contributed by atoms with Crippen LogP contribution in [0.25, 0.3) is 11.1 Å². The molecule has 6 aromatic rings. The Morgan fingerprint density at radius 1 is 0.709 bits per heavy atom. The van der Waals surface area contributed by atoms with E-state index in [0.717, 1.165) is 39.1 Å². The Bertz CT molecular complexity index is 2210. The predicted octanol–water partition coefficient (Wildman–Crippen LogP) is 10.00. The first kappa shape index (κ1) is 37.4. The number of ether oxygens (including phenoxy) is 3. The van der Waals surface area contributed by atoms with Gasteiger partial charge >= 0.3 is 12.0 Å². The van der Waals surface area contributed by atoms with Gasteiger partial charge in [-0.3, -0.25) is 0 Å². The summed E-state index contributed by atoms with van der Waals surface area (Å²) in [7, 11) is 0. The van der Waals surface area contributed by atoms with Crippen molar-refractivity contribution in [1.29, 1.82) is 0 Å². The highest BCUT2D eigenvalue weighted by atomic mass is 32.2. The number of thioether (sulfide) groups is 1. The van der Waals surface area contributed by atoms with E-state index in [1.165, 1.54) is 11.8 Å². The van der Waals surface area contributed by atoms with Crippen LogP contribution in [-0.2, 0) is 22.6 Å². The lowest BCUT2D eigenvalue weighted by atomic mass is 9.99. The van der Waals surface area contributed by atoms with Crippen molar-refractivity contribution in [3.63, 3.8) is 0 Å². The van der Waals surface area contributed by atoms with E-state index in [1.807, 2.05) is 109 Å². The fraction of sp³-hybridized carbons (Fsp3) is 0.156. The molecule has 0 saturated carbocycles. The lowest BCUT2D eigenvalue weighted by Gasteiger charge is -2.36. The topological polar surface area (TPSA) is 126 Å². The number of carbonyl (C=O) groups is 2. The highest BCUT2D eigenvalue weighted by Gasteiger charge is 2.32. The van der Waals surface area contributed by atoms with E-state index in [9.17, 15) is 19.8 Å². The van der Waals surface area contributed by atoms with Crippen LogP contribution in [0.5, 0.6) is 11.5 Å². The summed E-state index contributed by atoms with van der Waals surface area (Å²) in [5.41, 5.74) is 6.41. The van der Waals surface area contributed by atoms with Crippen molar-refractivity contribution in [2.45, 2.75) is 43.0 Å². The number of amides is 2. The van der Waals surface area contributed by atoms with Gasteiger partial charge in [0.1, 0.15) is 11.5 Å². The number of carboxylic acid groups (broad SMARTS) is 1. The normalized spacial score (nSPS) is 16.6. The standard InChI is InChI=1S/C45H40N2O7S/c48-28-30-16-18-32(19-17-30)41-26-39(29-55-42-15-5-4-14-40(42)43(49)50)53-44(54-41)35-11-7-10-34(25-35)33-9-6-8-31(24-33)27-46-45(51)47-36-20-22-38(23-21-36)52-37-12-2-1-3-13-37/h1-25,39,41,44,48H,26-29H2,(H,49,50)(H2,46,47,51)/t39-,41+,44+/m0/s1. The number of urea groups is 1. The number of carboxylic acids is 1. The van der Waals surface area contributed by atoms with Gasteiger partial charge in [-0.05, 0) is 88.5 Å². The van der Waals surface area contributed by atoms with Crippen LogP contribution in [0.4, 0.5) is 10.5 Å². The number of para-hydroxylation sites is 1. The smallest absolute Gasteiger partial charge is 0.336 e. The van der Waals surface area contributed by atoms with Gasteiger partial charge in [-0.15, -0.1) is 11.8 Å². The molecule has 1 aliphatic rings. The Kier molecular flexibility index (Phi) is 12.2. The molecule has 0 aromatic heterocycles. The third-order valence-corrected chi connectivity index (χ3v) is 10.3. The quantitative estimate of drug-likeness (QED) is 0.0860. The molecule has 7 rings (SSSR count). The van der Waals surface area contributed by atoms with E-state index >= 15 is 0 Å². The van der Waals surface area contributed by atoms with Crippen LogP contribution in [0.15, 0.2) is 157 Å². The zero-order valence-electron chi connectivity index (χ0n) is 29.8. The van der Waals surface area contributed by atoms with Gasteiger partial charge in [-0.1, -0.05) is 91.0 Å². The Morgan fingerprint density at radius 2 is 1.42 bits per heavy atom. The summed E-state index contributed by atoms with van der Waals surface area (Å²) in [6, 6.07) is 47.1. The van der Waals surface area contributed by atoms with Gasteiger partial charge in [0.05, 0.1) is 24.4 Å². The van der Waals surface area contributed by atoms with E-state index in [4.69, 9.17) is 14.2 Å². The lowest BCUT2D eigenvalue weighted by molar-refractivity contribution is -0.245. The summed E-state index contributed by atoms with van der Waals surface area (Å²) < 4.78 is 19.0. The van der Waals surface area contributed by atoms with Gasteiger partial charge < -0.3 is 35.1 Å². The van der Waals surface area contributed by atoms with Crippen molar-refractivity contribution in [3.05, 3.63) is 179 Å². The fourth-order valence-electron chi connectivity index (χ4n) is 6.29. The summed E-state index contributed by atoms with van der Waals surface area (Å²) >= 11 is 1.46. The van der Waals surface area contributed by atoms with Crippen LogP contribution in [0.3, 0.4) is 0 Å². The SMILES string of the molecule is O=C(NCc1cccc(-c2cccc([C@@H]3O[C@H](CSc4ccccc4C(=O)O)C[C@H](c4ccc(CO)cc4)O3)c2)c1)Nc1ccc(Oc2ccccc2)cc1. The highest BCUT2D eigenvalue weighted by Crippen LogP contribution is 2.40. The monoisotopic (exact) mass is 752 g/mol. The van der Waals surface area contributed by atoms with Crippen LogP contribution in [-0.4, -0.2) is 34.1 Å². The number of nitrogens with one attached hydrogen (secondary N) is 2. The van der Waals surface area contributed by atoms with Crippen LogP contribution in [0.2, 0.25) is 0 Å². The van der Waals surface area contributed by atoms with Crippen molar-refractivity contribution >= 4 is 29.4 Å². The van der Waals surface area contributed by atoms with Crippen molar-refractivity contribution in [2.75, 3.05) is 11.1 Å². The van der Waals surface area contributed by atoms with Gasteiger partial charge in [0.25, 0.3) is 0 Å². The number of aliphatic hydroxyl groups is 1. The zero-order valence-corrected chi connectivity index (χ0v) is 30.7. The number of rotatable bonds is 13. The lowest BCUT2D eigenvalue weighted by Crippen LogP contribution is -2.31. The molecule has 10 heteroatoms. The molecule has 55 heavy (non-hydrogen) atoms. The third kappa shape index (κ3) is 10.00. The number of hydrogen-bond acceptors (Lipinski definition) is 7. The van der Waals surface area contributed by atoms with Crippen molar-refractivity contribution in [3.8, 4) is 22.6 Å². The number of carbonyl (C=O) groups excluding carboxylic acids is 1. The molecule has 0 radical (unpaired) electrons. The fourth-order valence-corrected chi connectivity index (χ4v) is 7.35. The molecule has 0 unspecified atom stereocenters. The van der Waals surface area contributed by atoms with Crippen molar-refractivity contribution < 1.29 is 34.0 Å². The Hall–Kier alpha value is -5.91. The second kappa shape index (κ2) is 17.9. The minimum absolute atomic E-state index is 0.0441. The first-order valence-electron chi connectivity index (χ1n) is 17.9. The molecule has 4 N–H and O–H groups in total. The molecule has 1 heterocycles. The number of anilines is 1. The molecule has 9 nitrogen and oxygen atoms in total. The highest BCUT2D eigenvalue weighted by molar-refractivity contribution is 7.99. The molecular weight excluding hydrogens is 713 g/mol. The van der Waals surface area contributed by atoms with E-state index in [2.05, 4.69) is 16.7 Å². The van der Waals surface area contributed by atoms with E-state index in [1.54, 1.807) is 36.4 Å². The minimum Gasteiger partial charge on any atom is -0.478 e. The third-order valence-electron chi connectivity index (χ3n) is 9.12. The number of aliphatic hydroxyl groups excluding tert-OH is 1. The summed E-state index contributed by atoms with van der Waals surface area (Å²) in [5, 5.41) is 25.1. The maximum absolute atomic E-state index is 12.8. The maximum Gasteiger partial charge on any atom is 0.336 e. The summed E-state index contributed by atoms with van der Waals surface area (Å²) in [5.74, 6) is 0.978. The molecule has 1 saturated heterocycles. The van der Waals surface area contributed by atoms with Gasteiger partial charge in [0, 0.05) is 34.9 Å². The molecule has 0 spiro atoms. The predicted molar refractivity (Wildman–Crippen MR) is 213 cm³/mol. The van der Waals surface area contributed by atoms with Gasteiger partial charge in [-0.25, -0.2) is 9.59 Å². The molecule has 0 aliphatic carbocycles. The van der Waals surface area contributed by atoms with Crippen LogP contribution in [0, 0.1) is 0 Å². The van der Waals surface area contributed by atoms with E-state index in [0.29, 0.717) is 35.1 Å². The molecule has 1 fully saturated rings. The van der Waals surface area contributed by atoms with Crippen molar-refractivity contribution in [1.82, 2.24) is 5.32 Å². The zero-order chi connectivity index (χ0) is 38.0. The molecule has 3 atom stereocenters. The minimum atomic E-state index is -0.966. The Balaban J connectivity index is 1.01. The maximum atomic E-state index is 12.8.